The molecule has 124 valence electrons. The third-order valence-electron chi connectivity index (χ3n) is 3.97. The highest BCUT2D eigenvalue weighted by Gasteiger charge is 2.30. The molecule has 2 aromatic rings. The molecule has 0 unspecified atom stereocenters. The normalized spacial score (nSPS) is 16.9. The van der Waals surface area contributed by atoms with E-state index in [1.807, 2.05) is 48.5 Å². The highest BCUT2D eigenvalue weighted by Crippen LogP contribution is 2.24. The summed E-state index contributed by atoms with van der Waals surface area (Å²) in [7, 11) is 0. The Balaban J connectivity index is 1.44. The summed E-state index contributed by atoms with van der Waals surface area (Å²) in [6, 6.07) is 18.8. The Hall–Kier alpha value is -2.82. The van der Waals surface area contributed by atoms with E-state index in [2.05, 4.69) is 5.32 Å². The van der Waals surface area contributed by atoms with E-state index in [1.54, 1.807) is 17.0 Å². The van der Waals surface area contributed by atoms with Gasteiger partial charge in [0.25, 0.3) is 5.91 Å². The van der Waals surface area contributed by atoms with Gasteiger partial charge in [0.15, 0.2) is 6.61 Å². The summed E-state index contributed by atoms with van der Waals surface area (Å²) in [5.74, 6) is 0.711. The van der Waals surface area contributed by atoms with E-state index in [0.717, 1.165) is 5.69 Å². The molecule has 1 N–H and O–H groups in total. The minimum Gasteiger partial charge on any atom is -0.484 e. The SMILES string of the molecule is O=C(COc1ccccc1)NC[C@@H]1CC(=O)N(c2ccccc2)C1. The number of amides is 2. The maximum Gasteiger partial charge on any atom is 0.257 e. The van der Waals surface area contributed by atoms with Crippen molar-refractivity contribution in [2.75, 3.05) is 24.6 Å². The molecule has 0 aromatic heterocycles. The molecule has 2 aromatic carbocycles. The fourth-order valence-corrected chi connectivity index (χ4v) is 2.75. The number of carbonyl (C=O) groups excluding carboxylic acids is 2. The summed E-state index contributed by atoms with van der Waals surface area (Å²) in [6.07, 6.45) is 0.453. The van der Waals surface area contributed by atoms with Gasteiger partial charge in [-0.25, -0.2) is 0 Å². The average Bonchev–Trinajstić information content (AvgIpc) is 3.00. The second-order valence-electron chi connectivity index (χ2n) is 5.82. The van der Waals surface area contributed by atoms with Gasteiger partial charge in [0.05, 0.1) is 0 Å². The lowest BCUT2D eigenvalue weighted by Crippen LogP contribution is -2.34. The molecule has 1 aliphatic rings. The van der Waals surface area contributed by atoms with Crippen molar-refractivity contribution >= 4 is 17.5 Å². The second kappa shape index (κ2) is 7.64. The van der Waals surface area contributed by atoms with Crippen molar-refractivity contribution in [3.05, 3.63) is 60.7 Å². The molecule has 1 fully saturated rings. The van der Waals surface area contributed by atoms with Gasteiger partial charge in [0, 0.05) is 31.1 Å². The lowest BCUT2D eigenvalue weighted by atomic mass is 10.1. The smallest absolute Gasteiger partial charge is 0.257 e. The van der Waals surface area contributed by atoms with Crippen molar-refractivity contribution in [3.63, 3.8) is 0 Å². The van der Waals surface area contributed by atoms with Crippen molar-refractivity contribution in [2.45, 2.75) is 6.42 Å². The zero-order valence-electron chi connectivity index (χ0n) is 13.4. The molecule has 0 aliphatic carbocycles. The molecule has 0 spiro atoms. The quantitative estimate of drug-likeness (QED) is 0.886. The van der Waals surface area contributed by atoms with Gasteiger partial charge in [-0.1, -0.05) is 36.4 Å². The zero-order chi connectivity index (χ0) is 16.8. The Morgan fingerprint density at radius 2 is 1.75 bits per heavy atom. The molecule has 1 saturated heterocycles. The van der Waals surface area contributed by atoms with Crippen molar-refractivity contribution in [3.8, 4) is 5.75 Å². The van der Waals surface area contributed by atoms with Crippen LogP contribution in [-0.4, -0.2) is 31.5 Å². The number of anilines is 1. The minimum atomic E-state index is -0.176. The Labute approximate surface area is 141 Å². The fraction of sp³-hybridized carbons (Fsp3) is 0.263. The predicted molar refractivity (Wildman–Crippen MR) is 91.8 cm³/mol. The lowest BCUT2D eigenvalue weighted by molar-refractivity contribution is -0.123. The fourth-order valence-electron chi connectivity index (χ4n) is 2.75. The van der Waals surface area contributed by atoms with Crippen LogP contribution in [0.25, 0.3) is 0 Å². The number of hydrogen-bond acceptors (Lipinski definition) is 3. The van der Waals surface area contributed by atoms with Crippen LogP contribution in [0.3, 0.4) is 0 Å². The summed E-state index contributed by atoms with van der Waals surface area (Å²) in [5, 5.41) is 2.84. The Morgan fingerprint density at radius 3 is 2.46 bits per heavy atom. The number of carbonyl (C=O) groups is 2. The number of nitrogens with one attached hydrogen (secondary N) is 1. The molecule has 3 rings (SSSR count). The van der Waals surface area contributed by atoms with E-state index in [0.29, 0.717) is 25.3 Å². The maximum atomic E-state index is 12.1. The third kappa shape index (κ3) is 4.13. The molecule has 5 heteroatoms. The van der Waals surface area contributed by atoms with E-state index >= 15 is 0 Å². The summed E-state index contributed by atoms with van der Waals surface area (Å²) >= 11 is 0. The summed E-state index contributed by atoms with van der Waals surface area (Å²) < 4.78 is 5.41. The van der Waals surface area contributed by atoms with Gasteiger partial charge in [-0.05, 0) is 24.3 Å². The standard InChI is InChI=1S/C19H20N2O3/c22-18(14-24-17-9-5-2-6-10-17)20-12-15-11-19(23)21(13-15)16-7-3-1-4-8-16/h1-10,15H,11-14H2,(H,20,22)/t15-/m0/s1. The first kappa shape index (κ1) is 16.1. The first-order valence-electron chi connectivity index (χ1n) is 8.02. The highest BCUT2D eigenvalue weighted by molar-refractivity contribution is 5.95. The predicted octanol–water partition coefficient (Wildman–Crippen LogP) is 2.23. The van der Waals surface area contributed by atoms with E-state index in [4.69, 9.17) is 4.74 Å². The first-order chi connectivity index (χ1) is 11.7. The topological polar surface area (TPSA) is 58.6 Å². The van der Waals surface area contributed by atoms with E-state index in [9.17, 15) is 9.59 Å². The van der Waals surface area contributed by atoms with Crippen LogP contribution in [0.4, 0.5) is 5.69 Å². The van der Waals surface area contributed by atoms with Crippen LogP contribution in [-0.2, 0) is 9.59 Å². The molecule has 5 nitrogen and oxygen atoms in total. The highest BCUT2D eigenvalue weighted by atomic mass is 16.5. The number of benzene rings is 2. The summed E-state index contributed by atoms with van der Waals surface area (Å²) in [6.45, 7) is 1.09. The zero-order valence-corrected chi connectivity index (χ0v) is 13.4. The second-order valence-corrected chi connectivity index (χ2v) is 5.82. The van der Waals surface area contributed by atoms with E-state index in [-0.39, 0.29) is 24.3 Å². The number of para-hydroxylation sites is 2. The molecule has 24 heavy (non-hydrogen) atoms. The van der Waals surface area contributed by atoms with Gasteiger partial charge >= 0.3 is 0 Å². The van der Waals surface area contributed by atoms with Gasteiger partial charge in [0.2, 0.25) is 5.91 Å². The number of rotatable bonds is 6. The van der Waals surface area contributed by atoms with Gasteiger partial charge in [-0.2, -0.15) is 0 Å². The van der Waals surface area contributed by atoms with Gasteiger partial charge in [-0.3, -0.25) is 9.59 Å². The molecule has 0 bridgehead atoms. The van der Waals surface area contributed by atoms with Crippen LogP contribution in [0.5, 0.6) is 5.75 Å². The number of hydrogen-bond donors (Lipinski definition) is 1. The van der Waals surface area contributed by atoms with E-state index < -0.39 is 0 Å². The molecule has 1 heterocycles. The number of ether oxygens (including phenoxy) is 1. The van der Waals surface area contributed by atoms with Crippen LogP contribution in [0.1, 0.15) is 6.42 Å². The van der Waals surface area contributed by atoms with Crippen molar-refractivity contribution in [1.29, 1.82) is 0 Å². The monoisotopic (exact) mass is 324 g/mol. The third-order valence-corrected chi connectivity index (χ3v) is 3.97. The molecular weight excluding hydrogens is 304 g/mol. The first-order valence-corrected chi connectivity index (χ1v) is 8.02. The Bertz CT molecular complexity index is 688. The van der Waals surface area contributed by atoms with Crippen LogP contribution < -0.4 is 15.0 Å². The minimum absolute atomic E-state index is 0.0208. The van der Waals surface area contributed by atoms with Crippen molar-refractivity contribution < 1.29 is 14.3 Å². The van der Waals surface area contributed by atoms with Gasteiger partial charge in [0.1, 0.15) is 5.75 Å². The number of nitrogens with zero attached hydrogens (tertiary/aromatic N) is 1. The molecule has 0 saturated carbocycles. The van der Waals surface area contributed by atoms with Crippen LogP contribution in [0, 0.1) is 5.92 Å². The van der Waals surface area contributed by atoms with Crippen molar-refractivity contribution in [1.82, 2.24) is 5.32 Å². The van der Waals surface area contributed by atoms with Gasteiger partial charge in [-0.15, -0.1) is 0 Å². The largest absolute Gasteiger partial charge is 0.484 e. The average molecular weight is 324 g/mol. The lowest BCUT2D eigenvalue weighted by Gasteiger charge is -2.16. The van der Waals surface area contributed by atoms with Crippen molar-refractivity contribution in [2.24, 2.45) is 5.92 Å². The van der Waals surface area contributed by atoms with Crippen LogP contribution >= 0.6 is 0 Å². The Kier molecular flexibility index (Phi) is 5.11. The Morgan fingerprint density at radius 1 is 1.08 bits per heavy atom. The molecule has 0 radical (unpaired) electrons. The molecular formula is C19H20N2O3. The molecule has 1 atom stereocenters. The van der Waals surface area contributed by atoms with E-state index in [1.165, 1.54) is 0 Å². The van der Waals surface area contributed by atoms with Crippen LogP contribution in [0.15, 0.2) is 60.7 Å². The summed E-state index contributed by atoms with van der Waals surface area (Å²) in [5.41, 5.74) is 0.906. The van der Waals surface area contributed by atoms with Gasteiger partial charge < -0.3 is 15.0 Å². The molecule has 1 aliphatic heterocycles. The maximum absolute atomic E-state index is 12.1. The molecule has 2 amide bonds. The summed E-state index contributed by atoms with van der Waals surface area (Å²) in [4.78, 5) is 25.8. The van der Waals surface area contributed by atoms with Crippen LogP contribution in [0.2, 0.25) is 0 Å².